The van der Waals surface area contributed by atoms with Crippen molar-refractivity contribution < 1.29 is 14.3 Å². The van der Waals surface area contributed by atoms with Gasteiger partial charge >= 0.3 is 5.97 Å². The smallest absolute Gasteiger partial charge is 0.328 e. The maximum atomic E-state index is 12.2. The first-order chi connectivity index (χ1) is 11.0. The first-order valence-corrected chi connectivity index (χ1v) is 8.48. The van der Waals surface area contributed by atoms with Crippen molar-refractivity contribution in [2.75, 3.05) is 7.11 Å². The summed E-state index contributed by atoms with van der Waals surface area (Å²) in [6.07, 6.45) is 6.22. The van der Waals surface area contributed by atoms with Gasteiger partial charge in [-0.2, -0.15) is 0 Å². The van der Waals surface area contributed by atoms with Gasteiger partial charge in [0.15, 0.2) is 0 Å². The number of carbonyl (C=O) groups is 2. The van der Waals surface area contributed by atoms with E-state index in [1.807, 2.05) is 6.07 Å². The standard InChI is InChI=1S/C19H29NO3/c1-15(2)11-7-4-5-10-14-17(19(22)23-3)20-18(21)16-12-8-6-9-13-16/h6,8-9,12-13,15,17H,4-5,7,10-11,14H2,1-3H3,(H,20,21)/t17-/m0/s1. The highest BCUT2D eigenvalue weighted by molar-refractivity contribution is 5.96. The molecular weight excluding hydrogens is 290 g/mol. The van der Waals surface area contributed by atoms with Crippen LogP contribution in [0.15, 0.2) is 30.3 Å². The number of esters is 1. The van der Waals surface area contributed by atoms with E-state index in [-0.39, 0.29) is 11.9 Å². The number of amides is 1. The zero-order valence-electron chi connectivity index (χ0n) is 14.5. The van der Waals surface area contributed by atoms with E-state index >= 15 is 0 Å². The number of unbranched alkanes of at least 4 members (excludes halogenated alkanes) is 3. The summed E-state index contributed by atoms with van der Waals surface area (Å²) in [4.78, 5) is 24.0. The number of methoxy groups -OCH3 is 1. The van der Waals surface area contributed by atoms with Crippen LogP contribution in [0.4, 0.5) is 0 Å². The molecule has 0 radical (unpaired) electrons. The molecular formula is C19H29NO3. The Morgan fingerprint density at radius 3 is 2.17 bits per heavy atom. The third-order valence-corrected chi connectivity index (χ3v) is 3.85. The van der Waals surface area contributed by atoms with Gasteiger partial charge in [0, 0.05) is 5.56 Å². The molecule has 0 saturated carbocycles. The van der Waals surface area contributed by atoms with E-state index < -0.39 is 6.04 Å². The van der Waals surface area contributed by atoms with Crippen LogP contribution in [-0.2, 0) is 9.53 Å². The fourth-order valence-electron chi connectivity index (χ4n) is 2.48. The number of carbonyl (C=O) groups excluding carboxylic acids is 2. The van der Waals surface area contributed by atoms with Crippen LogP contribution in [0.5, 0.6) is 0 Å². The summed E-state index contributed by atoms with van der Waals surface area (Å²) in [5, 5.41) is 2.78. The predicted molar refractivity (Wildman–Crippen MR) is 92.3 cm³/mol. The summed E-state index contributed by atoms with van der Waals surface area (Å²) in [6, 6.07) is 8.35. The molecule has 0 aliphatic carbocycles. The molecule has 0 fully saturated rings. The molecule has 0 unspecified atom stereocenters. The van der Waals surface area contributed by atoms with Crippen molar-refractivity contribution in [1.82, 2.24) is 5.32 Å². The largest absolute Gasteiger partial charge is 0.467 e. The van der Waals surface area contributed by atoms with Crippen LogP contribution < -0.4 is 5.32 Å². The van der Waals surface area contributed by atoms with Gasteiger partial charge in [-0.05, 0) is 24.5 Å². The van der Waals surface area contributed by atoms with Gasteiger partial charge in [-0.15, -0.1) is 0 Å². The molecule has 1 N–H and O–H groups in total. The minimum atomic E-state index is -0.571. The third kappa shape index (κ3) is 7.82. The molecule has 0 bridgehead atoms. The molecule has 4 heteroatoms. The zero-order valence-corrected chi connectivity index (χ0v) is 14.5. The monoisotopic (exact) mass is 319 g/mol. The first-order valence-electron chi connectivity index (χ1n) is 8.48. The van der Waals surface area contributed by atoms with E-state index in [2.05, 4.69) is 19.2 Å². The number of hydrogen-bond donors (Lipinski definition) is 1. The molecule has 1 aromatic rings. The second kappa shape index (κ2) is 10.8. The molecule has 4 nitrogen and oxygen atoms in total. The normalized spacial score (nSPS) is 12.0. The lowest BCUT2D eigenvalue weighted by Gasteiger charge is -2.16. The molecule has 0 heterocycles. The van der Waals surface area contributed by atoms with Gasteiger partial charge in [-0.3, -0.25) is 4.79 Å². The van der Waals surface area contributed by atoms with Crippen molar-refractivity contribution in [1.29, 1.82) is 0 Å². The average molecular weight is 319 g/mol. The molecule has 1 amide bonds. The Morgan fingerprint density at radius 2 is 1.61 bits per heavy atom. The Morgan fingerprint density at radius 1 is 1.00 bits per heavy atom. The highest BCUT2D eigenvalue weighted by atomic mass is 16.5. The second-order valence-electron chi connectivity index (χ2n) is 6.30. The van der Waals surface area contributed by atoms with Crippen molar-refractivity contribution in [3.8, 4) is 0 Å². The van der Waals surface area contributed by atoms with Crippen LogP contribution in [0.3, 0.4) is 0 Å². The molecule has 1 rings (SSSR count). The van der Waals surface area contributed by atoms with Gasteiger partial charge in [0.2, 0.25) is 0 Å². The van der Waals surface area contributed by atoms with E-state index in [1.54, 1.807) is 24.3 Å². The molecule has 0 saturated heterocycles. The van der Waals surface area contributed by atoms with E-state index in [0.717, 1.165) is 18.8 Å². The topological polar surface area (TPSA) is 55.4 Å². The summed E-state index contributed by atoms with van der Waals surface area (Å²) < 4.78 is 4.81. The molecule has 0 aliphatic heterocycles. The van der Waals surface area contributed by atoms with Crippen molar-refractivity contribution in [3.05, 3.63) is 35.9 Å². The van der Waals surface area contributed by atoms with Gasteiger partial charge < -0.3 is 10.1 Å². The fraction of sp³-hybridized carbons (Fsp3) is 0.579. The number of nitrogens with one attached hydrogen (secondary N) is 1. The Bertz CT molecular complexity index is 471. The van der Waals surface area contributed by atoms with Gasteiger partial charge in [0.25, 0.3) is 5.91 Å². The Hall–Kier alpha value is -1.84. The highest BCUT2D eigenvalue weighted by Crippen LogP contribution is 2.12. The number of benzene rings is 1. The lowest BCUT2D eigenvalue weighted by atomic mass is 10.0. The molecule has 0 aliphatic rings. The lowest BCUT2D eigenvalue weighted by molar-refractivity contribution is -0.143. The molecule has 1 aromatic carbocycles. The van der Waals surface area contributed by atoms with Crippen LogP contribution in [-0.4, -0.2) is 25.0 Å². The first kappa shape index (κ1) is 19.2. The van der Waals surface area contributed by atoms with E-state index in [0.29, 0.717) is 12.0 Å². The summed E-state index contributed by atoms with van der Waals surface area (Å²) in [5.74, 6) is 0.125. The molecule has 23 heavy (non-hydrogen) atoms. The Balaban J connectivity index is 2.41. The third-order valence-electron chi connectivity index (χ3n) is 3.85. The van der Waals surface area contributed by atoms with Crippen molar-refractivity contribution in [3.63, 3.8) is 0 Å². The van der Waals surface area contributed by atoms with E-state index in [9.17, 15) is 9.59 Å². The summed E-state index contributed by atoms with van der Waals surface area (Å²) >= 11 is 0. The maximum Gasteiger partial charge on any atom is 0.328 e. The van der Waals surface area contributed by atoms with Crippen LogP contribution in [0.1, 0.15) is 62.7 Å². The van der Waals surface area contributed by atoms with Gasteiger partial charge in [0.05, 0.1) is 7.11 Å². The second-order valence-corrected chi connectivity index (χ2v) is 6.30. The molecule has 128 valence electrons. The molecule has 0 aromatic heterocycles. The summed E-state index contributed by atoms with van der Waals surface area (Å²) in [6.45, 7) is 4.46. The minimum Gasteiger partial charge on any atom is -0.467 e. The van der Waals surface area contributed by atoms with E-state index in [1.165, 1.54) is 26.4 Å². The summed E-state index contributed by atoms with van der Waals surface area (Å²) in [5.41, 5.74) is 0.554. The predicted octanol–water partition coefficient (Wildman–Crippen LogP) is 3.95. The van der Waals surface area contributed by atoms with Crippen LogP contribution in [0.2, 0.25) is 0 Å². The maximum absolute atomic E-state index is 12.2. The molecule has 1 atom stereocenters. The van der Waals surface area contributed by atoms with Crippen LogP contribution in [0, 0.1) is 5.92 Å². The van der Waals surface area contributed by atoms with Gasteiger partial charge in [0.1, 0.15) is 6.04 Å². The van der Waals surface area contributed by atoms with Gasteiger partial charge in [-0.1, -0.05) is 64.2 Å². The highest BCUT2D eigenvalue weighted by Gasteiger charge is 2.21. The molecule has 0 spiro atoms. The van der Waals surface area contributed by atoms with Crippen molar-refractivity contribution >= 4 is 11.9 Å². The Labute approximate surface area is 139 Å². The zero-order chi connectivity index (χ0) is 17.1. The van der Waals surface area contributed by atoms with Crippen molar-refractivity contribution in [2.24, 2.45) is 5.92 Å². The Kier molecular flexibility index (Phi) is 9.03. The SMILES string of the molecule is COC(=O)[C@H](CCCCCCC(C)C)NC(=O)c1ccccc1. The fourth-order valence-corrected chi connectivity index (χ4v) is 2.48. The van der Waals surface area contributed by atoms with Gasteiger partial charge in [-0.25, -0.2) is 4.79 Å². The van der Waals surface area contributed by atoms with Crippen molar-refractivity contribution in [2.45, 2.75) is 58.4 Å². The number of hydrogen-bond acceptors (Lipinski definition) is 3. The average Bonchev–Trinajstić information content (AvgIpc) is 2.56. The van der Waals surface area contributed by atoms with E-state index in [4.69, 9.17) is 4.74 Å². The minimum absolute atomic E-state index is 0.235. The quantitative estimate of drug-likeness (QED) is 0.525. The van der Waals surface area contributed by atoms with Crippen LogP contribution in [0.25, 0.3) is 0 Å². The lowest BCUT2D eigenvalue weighted by Crippen LogP contribution is -2.41. The number of rotatable bonds is 10. The van der Waals surface area contributed by atoms with Crippen LogP contribution >= 0.6 is 0 Å². The number of ether oxygens (including phenoxy) is 1. The summed E-state index contributed by atoms with van der Waals surface area (Å²) in [7, 11) is 1.35.